The number of nitrogens with zero attached hydrogens (tertiary/aromatic N) is 1. The molecule has 9 heteroatoms. The summed E-state index contributed by atoms with van der Waals surface area (Å²) in [6.07, 6.45) is 3.36. The fourth-order valence-corrected chi connectivity index (χ4v) is 5.03. The number of sulfonamides is 1. The van der Waals surface area contributed by atoms with Gasteiger partial charge in [0.05, 0.1) is 5.02 Å². The van der Waals surface area contributed by atoms with Crippen molar-refractivity contribution in [2.45, 2.75) is 24.2 Å². The SMILES string of the molecule is O=Cc1ccc(OCC(=O)Nc2ccc(Cl)c(S(=O)(=O)N3CCCCC3)c2)cc1. The molecule has 1 aliphatic rings. The maximum absolute atomic E-state index is 12.9. The average molecular weight is 437 g/mol. The first kappa shape index (κ1) is 21.3. The van der Waals surface area contributed by atoms with Crippen molar-refractivity contribution >= 4 is 39.5 Å². The van der Waals surface area contributed by atoms with Gasteiger partial charge in [0.25, 0.3) is 5.91 Å². The predicted molar refractivity (Wildman–Crippen MR) is 110 cm³/mol. The number of aldehydes is 1. The van der Waals surface area contributed by atoms with Crippen LogP contribution in [-0.2, 0) is 14.8 Å². The van der Waals surface area contributed by atoms with Gasteiger partial charge in [-0.05, 0) is 55.3 Å². The van der Waals surface area contributed by atoms with Crippen molar-refractivity contribution in [2.24, 2.45) is 0 Å². The third-order valence-electron chi connectivity index (χ3n) is 4.53. The van der Waals surface area contributed by atoms with Crippen molar-refractivity contribution in [1.29, 1.82) is 0 Å². The largest absolute Gasteiger partial charge is 0.484 e. The summed E-state index contributed by atoms with van der Waals surface area (Å²) >= 11 is 6.13. The van der Waals surface area contributed by atoms with Gasteiger partial charge in [-0.3, -0.25) is 9.59 Å². The van der Waals surface area contributed by atoms with Gasteiger partial charge < -0.3 is 10.1 Å². The third-order valence-corrected chi connectivity index (χ3v) is 6.91. The Kier molecular flexibility index (Phi) is 6.89. The number of rotatable bonds is 7. The molecular formula is C20H21ClN2O5S. The lowest BCUT2D eigenvalue weighted by atomic mass is 10.2. The molecule has 1 N–H and O–H groups in total. The van der Waals surface area contributed by atoms with E-state index in [1.165, 1.54) is 22.5 Å². The maximum Gasteiger partial charge on any atom is 0.262 e. The average Bonchev–Trinajstić information content (AvgIpc) is 2.74. The lowest BCUT2D eigenvalue weighted by Gasteiger charge is -2.26. The Morgan fingerprint density at radius 2 is 1.79 bits per heavy atom. The molecule has 1 fully saturated rings. The summed E-state index contributed by atoms with van der Waals surface area (Å²) in [5, 5.41) is 2.73. The summed E-state index contributed by atoms with van der Waals surface area (Å²) in [5.74, 6) is -0.0108. The molecule has 1 heterocycles. The van der Waals surface area contributed by atoms with E-state index in [0.717, 1.165) is 19.3 Å². The fourth-order valence-electron chi connectivity index (χ4n) is 3.01. The lowest BCUT2D eigenvalue weighted by molar-refractivity contribution is -0.118. The molecule has 1 aliphatic heterocycles. The van der Waals surface area contributed by atoms with E-state index < -0.39 is 15.9 Å². The van der Waals surface area contributed by atoms with Gasteiger partial charge in [0.2, 0.25) is 10.0 Å². The second-order valence-corrected chi connectivity index (χ2v) is 8.95. The lowest BCUT2D eigenvalue weighted by Crippen LogP contribution is -2.35. The molecule has 2 aromatic carbocycles. The van der Waals surface area contributed by atoms with E-state index in [2.05, 4.69) is 5.32 Å². The van der Waals surface area contributed by atoms with E-state index in [-0.39, 0.29) is 16.5 Å². The van der Waals surface area contributed by atoms with Crippen molar-refractivity contribution in [3.8, 4) is 5.75 Å². The fraction of sp³-hybridized carbons (Fsp3) is 0.300. The zero-order valence-corrected chi connectivity index (χ0v) is 17.2. The molecule has 0 spiro atoms. The number of anilines is 1. The number of carbonyl (C=O) groups excluding carboxylic acids is 2. The van der Waals surface area contributed by atoms with Gasteiger partial charge in [0.15, 0.2) is 6.61 Å². The van der Waals surface area contributed by atoms with Crippen LogP contribution < -0.4 is 10.1 Å². The van der Waals surface area contributed by atoms with Crippen molar-refractivity contribution in [3.05, 3.63) is 53.1 Å². The maximum atomic E-state index is 12.9. The third kappa shape index (κ3) is 5.35. The van der Waals surface area contributed by atoms with E-state index >= 15 is 0 Å². The number of hydrogen-bond donors (Lipinski definition) is 1. The molecule has 0 unspecified atom stereocenters. The van der Waals surface area contributed by atoms with Crippen molar-refractivity contribution in [2.75, 3.05) is 25.0 Å². The smallest absolute Gasteiger partial charge is 0.262 e. The Morgan fingerprint density at radius 1 is 1.10 bits per heavy atom. The number of benzene rings is 2. The highest BCUT2D eigenvalue weighted by Gasteiger charge is 2.28. The predicted octanol–water partition coefficient (Wildman–Crippen LogP) is 3.34. The van der Waals surface area contributed by atoms with Gasteiger partial charge in [-0.25, -0.2) is 8.42 Å². The molecule has 0 bridgehead atoms. The zero-order chi connectivity index (χ0) is 20.9. The van der Waals surface area contributed by atoms with Crippen LogP contribution in [0.25, 0.3) is 0 Å². The van der Waals surface area contributed by atoms with E-state index in [4.69, 9.17) is 16.3 Å². The van der Waals surface area contributed by atoms with Gasteiger partial charge >= 0.3 is 0 Å². The van der Waals surface area contributed by atoms with Crippen LogP contribution in [0.3, 0.4) is 0 Å². The quantitative estimate of drug-likeness (QED) is 0.672. The van der Waals surface area contributed by atoms with Gasteiger partial charge in [-0.1, -0.05) is 18.0 Å². The highest BCUT2D eigenvalue weighted by Crippen LogP contribution is 2.29. The first-order chi connectivity index (χ1) is 13.9. The van der Waals surface area contributed by atoms with Crippen LogP contribution >= 0.6 is 11.6 Å². The number of hydrogen-bond acceptors (Lipinski definition) is 5. The number of amides is 1. The van der Waals surface area contributed by atoms with E-state index in [9.17, 15) is 18.0 Å². The molecule has 0 saturated carbocycles. The van der Waals surface area contributed by atoms with Crippen LogP contribution in [-0.4, -0.2) is 44.6 Å². The van der Waals surface area contributed by atoms with Gasteiger partial charge in [-0.15, -0.1) is 0 Å². The number of piperidine rings is 1. The van der Waals surface area contributed by atoms with Crippen molar-refractivity contribution in [3.63, 3.8) is 0 Å². The molecule has 0 radical (unpaired) electrons. The molecule has 0 aliphatic carbocycles. The second kappa shape index (κ2) is 9.39. The molecular weight excluding hydrogens is 416 g/mol. The van der Waals surface area contributed by atoms with Gasteiger partial charge in [-0.2, -0.15) is 4.31 Å². The number of nitrogens with one attached hydrogen (secondary N) is 1. The molecule has 154 valence electrons. The summed E-state index contributed by atoms with van der Waals surface area (Å²) in [6, 6.07) is 10.7. The summed E-state index contributed by atoms with van der Waals surface area (Å²) in [5.41, 5.74) is 0.820. The van der Waals surface area contributed by atoms with Gasteiger partial charge in [0, 0.05) is 24.3 Å². The number of halogens is 1. The normalized spacial score (nSPS) is 14.9. The van der Waals surface area contributed by atoms with Crippen LogP contribution in [0, 0.1) is 0 Å². The highest BCUT2D eigenvalue weighted by molar-refractivity contribution is 7.89. The van der Waals surface area contributed by atoms with Crippen LogP contribution in [0.2, 0.25) is 5.02 Å². The Labute approximate surface area is 174 Å². The molecule has 29 heavy (non-hydrogen) atoms. The second-order valence-electron chi connectivity index (χ2n) is 6.63. The minimum absolute atomic E-state index is 0.0239. The molecule has 0 aromatic heterocycles. The minimum atomic E-state index is -3.72. The van der Waals surface area contributed by atoms with Crippen LogP contribution in [0.1, 0.15) is 29.6 Å². The molecule has 0 atom stereocenters. The van der Waals surface area contributed by atoms with Crippen molar-refractivity contribution in [1.82, 2.24) is 4.31 Å². The standard InChI is InChI=1S/C20H21ClN2O5S/c21-18-9-6-16(12-19(18)29(26,27)23-10-2-1-3-11-23)22-20(25)14-28-17-7-4-15(13-24)5-8-17/h4-9,12-13H,1-3,10-11,14H2,(H,22,25). The Hall–Kier alpha value is -2.42. The van der Waals surface area contributed by atoms with Crippen molar-refractivity contribution < 1.29 is 22.7 Å². The van der Waals surface area contributed by atoms with E-state index in [1.54, 1.807) is 24.3 Å². The van der Waals surface area contributed by atoms with Gasteiger partial charge in [0.1, 0.15) is 16.9 Å². The van der Waals surface area contributed by atoms with E-state index in [0.29, 0.717) is 36.4 Å². The van der Waals surface area contributed by atoms with Crippen LogP contribution in [0.5, 0.6) is 5.75 Å². The minimum Gasteiger partial charge on any atom is -0.484 e. The molecule has 1 saturated heterocycles. The summed E-state index contributed by atoms with van der Waals surface area (Å²) in [6.45, 7) is 0.662. The zero-order valence-electron chi connectivity index (χ0n) is 15.6. The van der Waals surface area contributed by atoms with Crippen LogP contribution in [0.15, 0.2) is 47.4 Å². The van der Waals surface area contributed by atoms with Crippen LogP contribution in [0.4, 0.5) is 5.69 Å². The molecule has 1 amide bonds. The summed E-state index contributed by atoms with van der Waals surface area (Å²) in [4.78, 5) is 22.8. The summed E-state index contributed by atoms with van der Waals surface area (Å²) < 4.78 is 32.6. The summed E-state index contributed by atoms with van der Waals surface area (Å²) in [7, 11) is -3.72. The first-order valence-corrected chi connectivity index (χ1v) is 11.0. The molecule has 2 aromatic rings. The first-order valence-electron chi connectivity index (χ1n) is 9.18. The number of carbonyl (C=O) groups is 2. The number of ether oxygens (including phenoxy) is 1. The molecule has 7 nitrogen and oxygen atoms in total. The highest BCUT2D eigenvalue weighted by atomic mass is 35.5. The van der Waals surface area contributed by atoms with E-state index in [1.807, 2.05) is 0 Å². The Balaban J connectivity index is 1.67. The monoisotopic (exact) mass is 436 g/mol. The molecule has 3 rings (SSSR count). The Morgan fingerprint density at radius 3 is 2.45 bits per heavy atom. The topological polar surface area (TPSA) is 92.8 Å². The Bertz CT molecular complexity index is 986.